The Labute approximate surface area is 119 Å². The van der Waals surface area contributed by atoms with Crippen molar-refractivity contribution in [1.82, 2.24) is 4.90 Å². The summed E-state index contributed by atoms with van der Waals surface area (Å²) in [7, 11) is 3.40. The van der Waals surface area contributed by atoms with E-state index in [0.29, 0.717) is 24.3 Å². The van der Waals surface area contributed by atoms with E-state index < -0.39 is 6.10 Å². The van der Waals surface area contributed by atoms with E-state index in [-0.39, 0.29) is 11.9 Å². The van der Waals surface area contributed by atoms with Gasteiger partial charge >= 0.3 is 0 Å². The number of nitrogens with two attached hydrogens (primary N) is 1. The summed E-state index contributed by atoms with van der Waals surface area (Å²) in [5.74, 6) is 1.43. The second kappa shape index (κ2) is 6.13. The molecule has 1 saturated heterocycles. The number of amides is 1. The van der Waals surface area contributed by atoms with E-state index in [1.54, 1.807) is 19.1 Å². The highest BCUT2D eigenvalue weighted by atomic mass is 16.5. The van der Waals surface area contributed by atoms with Crippen LogP contribution in [0, 0.1) is 0 Å². The molecule has 5 nitrogen and oxygen atoms in total. The van der Waals surface area contributed by atoms with Gasteiger partial charge in [-0.1, -0.05) is 6.07 Å². The molecule has 110 valence electrons. The third-order valence-electron chi connectivity index (χ3n) is 3.46. The summed E-state index contributed by atoms with van der Waals surface area (Å²) in [4.78, 5) is 13.6. The van der Waals surface area contributed by atoms with Gasteiger partial charge in [-0.05, 0) is 25.0 Å². The number of carbonyl (C=O) groups is 1. The Morgan fingerprint density at radius 1 is 1.50 bits per heavy atom. The van der Waals surface area contributed by atoms with Gasteiger partial charge in [0.2, 0.25) is 0 Å². The fraction of sp³-hybridized carbons (Fsp3) is 0.533. The average molecular weight is 278 g/mol. The summed E-state index contributed by atoms with van der Waals surface area (Å²) in [5.41, 5.74) is 6.86. The number of benzene rings is 1. The van der Waals surface area contributed by atoms with Crippen molar-refractivity contribution >= 4 is 5.91 Å². The van der Waals surface area contributed by atoms with Crippen molar-refractivity contribution in [3.8, 4) is 11.5 Å². The molecule has 0 spiro atoms. The van der Waals surface area contributed by atoms with E-state index in [0.717, 1.165) is 12.1 Å². The van der Waals surface area contributed by atoms with Gasteiger partial charge < -0.3 is 20.1 Å². The first-order valence-electron chi connectivity index (χ1n) is 6.85. The number of carbonyl (C=O) groups excluding carboxylic acids is 1. The largest absolute Gasteiger partial charge is 0.497 e. The molecule has 1 heterocycles. The molecule has 0 bridgehead atoms. The molecular formula is C15H22N2O3. The van der Waals surface area contributed by atoms with Gasteiger partial charge in [-0.3, -0.25) is 4.79 Å². The maximum Gasteiger partial charge on any atom is 0.263 e. The SMILES string of the molecule is COc1ccc(CC(C)N)c(OC2CCN(C)C2=O)c1. The fourth-order valence-electron chi connectivity index (χ4n) is 2.34. The van der Waals surface area contributed by atoms with Crippen molar-refractivity contribution < 1.29 is 14.3 Å². The van der Waals surface area contributed by atoms with Crippen LogP contribution in [0.1, 0.15) is 18.9 Å². The molecule has 1 aromatic rings. The van der Waals surface area contributed by atoms with Gasteiger partial charge in [-0.15, -0.1) is 0 Å². The molecule has 2 atom stereocenters. The zero-order valence-electron chi connectivity index (χ0n) is 12.3. The van der Waals surface area contributed by atoms with Gasteiger partial charge in [0.05, 0.1) is 7.11 Å². The number of methoxy groups -OCH3 is 1. The third kappa shape index (κ3) is 3.22. The van der Waals surface area contributed by atoms with E-state index >= 15 is 0 Å². The Hall–Kier alpha value is -1.75. The first-order valence-corrected chi connectivity index (χ1v) is 6.85. The Morgan fingerprint density at radius 2 is 2.25 bits per heavy atom. The lowest BCUT2D eigenvalue weighted by atomic mass is 10.1. The van der Waals surface area contributed by atoms with Crippen molar-refractivity contribution in [2.75, 3.05) is 20.7 Å². The zero-order valence-corrected chi connectivity index (χ0v) is 12.3. The van der Waals surface area contributed by atoms with Crippen molar-refractivity contribution in [1.29, 1.82) is 0 Å². The molecule has 1 aliphatic heterocycles. The summed E-state index contributed by atoms with van der Waals surface area (Å²) in [5, 5.41) is 0. The molecule has 1 amide bonds. The van der Waals surface area contributed by atoms with E-state index in [1.807, 2.05) is 25.1 Å². The topological polar surface area (TPSA) is 64.8 Å². The van der Waals surface area contributed by atoms with Crippen LogP contribution in [0.3, 0.4) is 0 Å². The Bertz CT molecular complexity index is 488. The van der Waals surface area contributed by atoms with Crippen LogP contribution in [0.15, 0.2) is 18.2 Å². The molecule has 1 fully saturated rings. The Morgan fingerprint density at radius 3 is 2.80 bits per heavy atom. The third-order valence-corrected chi connectivity index (χ3v) is 3.46. The van der Waals surface area contributed by atoms with Gasteiger partial charge in [0.25, 0.3) is 5.91 Å². The second-order valence-electron chi connectivity index (χ2n) is 5.31. The predicted octanol–water partition coefficient (Wildman–Crippen LogP) is 1.19. The predicted molar refractivity (Wildman–Crippen MR) is 77.0 cm³/mol. The Balaban J connectivity index is 2.21. The summed E-state index contributed by atoms with van der Waals surface area (Å²) >= 11 is 0. The second-order valence-corrected chi connectivity index (χ2v) is 5.31. The quantitative estimate of drug-likeness (QED) is 0.879. The molecule has 2 rings (SSSR count). The van der Waals surface area contributed by atoms with Crippen LogP contribution in [0.25, 0.3) is 0 Å². The summed E-state index contributed by atoms with van der Waals surface area (Å²) in [6.07, 6.45) is 1.01. The maximum atomic E-state index is 11.9. The van der Waals surface area contributed by atoms with Crippen LogP contribution in [0.4, 0.5) is 0 Å². The van der Waals surface area contributed by atoms with Gasteiger partial charge in [0, 0.05) is 32.1 Å². The lowest BCUT2D eigenvalue weighted by Crippen LogP contribution is -2.30. The summed E-state index contributed by atoms with van der Waals surface area (Å²) in [6, 6.07) is 5.68. The van der Waals surface area contributed by atoms with Crippen molar-refractivity contribution in [3.05, 3.63) is 23.8 Å². The zero-order chi connectivity index (χ0) is 14.7. The van der Waals surface area contributed by atoms with Gasteiger partial charge in [0.1, 0.15) is 11.5 Å². The molecule has 1 aliphatic rings. The molecule has 20 heavy (non-hydrogen) atoms. The summed E-state index contributed by atoms with van der Waals surface area (Å²) in [6.45, 7) is 2.68. The number of likely N-dealkylation sites (tertiary alicyclic amines) is 1. The van der Waals surface area contributed by atoms with Crippen LogP contribution in [-0.4, -0.2) is 43.7 Å². The number of nitrogens with zero attached hydrogens (tertiary/aromatic N) is 1. The van der Waals surface area contributed by atoms with E-state index in [2.05, 4.69) is 0 Å². The molecule has 0 saturated carbocycles. The average Bonchev–Trinajstić information content (AvgIpc) is 2.72. The molecule has 0 radical (unpaired) electrons. The molecule has 2 N–H and O–H groups in total. The van der Waals surface area contributed by atoms with Crippen LogP contribution in [-0.2, 0) is 11.2 Å². The smallest absolute Gasteiger partial charge is 0.263 e. The number of hydrogen-bond acceptors (Lipinski definition) is 4. The molecule has 2 unspecified atom stereocenters. The maximum absolute atomic E-state index is 11.9. The van der Waals surface area contributed by atoms with Crippen LogP contribution in [0.2, 0.25) is 0 Å². The standard InChI is InChI=1S/C15H22N2O3/c1-10(16)8-11-4-5-12(19-3)9-14(11)20-13-6-7-17(2)15(13)18/h4-5,9-10,13H,6-8,16H2,1-3H3. The van der Waals surface area contributed by atoms with Crippen molar-refractivity contribution in [2.24, 2.45) is 5.73 Å². The molecule has 1 aromatic carbocycles. The van der Waals surface area contributed by atoms with Crippen LogP contribution >= 0.6 is 0 Å². The lowest BCUT2D eigenvalue weighted by Gasteiger charge is -2.18. The highest BCUT2D eigenvalue weighted by molar-refractivity contribution is 5.83. The van der Waals surface area contributed by atoms with Gasteiger partial charge in [0.15, 0.2) is 6.10 Å². The first kappa shape index (κ1) is 14.7. The molecule has 5 heteroatoms. The van der Waals surface area contributed by atoms with Crippen LogP contribution in [0.5, 0.6) is 11.5 Å². The van der Waals surface area contributed by atoms with Crippen LogP contribution < -0.4 is 15.2 Å². The highest BCUT2D eigenvalue weighted by Gasteiger charge is 2.31. The number of ether oxygens (including phenoxy) is 2. The summed E-state index contributed by atoms with van der Waals surface area (Å²) < 4.78 is 11.1. The molecular weight excluding hydrogens is 256 g/mol. The highest BCUT2D eigenvalue weighted by Crippen LogP contribution is 2.28. The lowest BCUT2D eigenvalue weighted by molar-refractivity contribution is -0.132. The molecule has 0 aliphatic carbocycles. The van der Waals surface area contributed by atoms with E-state index in [1.165, 1.54) is 0 Å². The first-order chi connectivity index (χ1) is 9.51. The van der Waals surface area contributed by atoms with Gasteiger partial charge in [-0.25, -0.2) is 0 Å². The number of rotatable bonds is 5. The van der Waals surface area contributed by atoms with E-state index in [4.69, 9.17) is 15.2 Å². The monoisotopic (exact) mass is 278 g/mol. The number of hydrogen-bond donors (Lipinski definition) is 1. The minimum Gasteiger partial charge on any atom is -0.497 e. The minimum absolute atomic E-state index is 0.0274. The fourth-order valence-corrected chi connectivity index (χ4v) is 2.34. The van der Waals surface area contributed by atoms with E-state index in [9.17, 15) is 4.79 Å². The Kier molecular flexibility index (Phi) is 4.49. The normalized spacial score (nSPS) is 20.1. The van der Waals surface area contributed by atoms with Gasteiger partial charge in [-0.2, -0.15) is 0 Å². The van der Waals surface area contributed by atoms with Crippen molar-refractivity contribution in [3.63, 3.8) is 0 Å². The van der Waals surface area contributed by atoms with Crippen molar-refractivity contribution in [2.45, 2.75) is 31.9 Å². The minimum atomic E-state index is -0.404. The molecule has 0 aromatic heterocycles. The number of likely N-dealkylation sites (N-methyl/N-ethyl adjacent to an activating group) is 1.